The Morgan fingerprint density at radius 2 is 1.88 bits per heavy atom. The Kier molecular flexibility index (Phi) is 4.45. The van der Waals surface area contributed by atoms with Gasteiger partial charge in [-0.05, 0) is 0 Å². The van der Waals surface area contributed by atoms with Gasteiger partial charge in [0.15, 0.2) is 11.5 Å². The molecule has 0 saturated heterocycles. The highest BCUT2D eigenvalue weighted by Crippen LogP contribution is 2.34. The van der Waals surface area contributed by atoms with Gasteiger partial charge in [-0.2, -0.15) is 0 Å². The van der Waals surface area contributed by atoms with Crippen molar-refractivity contribution in [3.63, 3.8) is 0 Å². The minimum atomic E-state index is -0.126. The lowest BCUT2D eigenvalue weighted by atomic mass is 10.2. The Morgan fingerprint density at radius 3 is 2.41 bits per heavy atom. The molecule has 0 bridgehead atoms. The summed E-state index contributed by atoms with van der Waals surface area (Å²) in [7, 11) is 4.65. The van der Waals surface area contributed by atoms with Crippen molar-refractivity contribution < 1.29 is 14.3 Å². The molecule has 6 heteroatoms. The van der Waals surface area contributed by atoms with Gasteiger partial charge in [0.1, 0.15) is 0 Å². The van der Waals surface area contributed by atoms with Gasteiger partial charge in [-0.15, -0.1) is 0 Å². The van der Waals surface area contributed by atoms with Crippen LogP contribution in [0.3, 0.4) is 0 Å². The molecule has 0 unspecified atom stereocenters. The van der Waals surface area contributed by atoms with Gasteiger partial charge in [0.2, 0.25) is 5.91 Å². The maximum absolute atomic E-state index is 11.1. The van der Waals surface area contributed by atoms with Gasteiger partial charge >= 0.3 is 0 Å². The number of carbonyl (C=O) groups is 1. The van der Waals surface area contributed by atoms with E-state index in [-0.39, 0.29) is 12.5 Å². The number of nitrogens with one attached hydrogen (secondary N) is 2. The summed E-state index contributed by atoms with van der Waals surface area (Å²) in [4.78, 5) is 11.1. The highest BCUT2D eigenvalue weighted by molar-refractivity contribution is 5.82. The zero-order chi connectivity index (χ0) is 12.8. The maximum Gasteiger partial charge on any atom is 0.239 e. The highest BCUT2D eigenvalue weighted by Gasteiger charge is 2.09. The molecule has 1 aromatic rings. The van der Waals surface area contributed by atoms with Gasteiger partial charge in [-0.1, -0.05) is 0 Å². The van der Waals surface area contributed by atoms with E-state index < -0.39 is 0 Å². The summed E-state index contributed by atoms with van der Waals surface area (Å²) in [6.45, 7) is 0.149. The number of carbonyl (C=O) groups excluding carboxylic acids is 1. The summed E-state index contributed by atoms with van der Waals surface area (Å²) in [5.41, 5.74) is 6.94. The molecule has 0 aliphatic carbocycles. The SMILES string of the molecule is CNC(=O)CNc1cc(OC)c(OC)cc1N. The fourth-order valence-electron chi connectivity index (χ4n) is 1.31. The zero-order valence-electron chi connectivity index (χ0n) is 10.2. The summed E-state index contributed by atoms with van der Waals surface area (Å²) in [6.07, 6.45) is 0. The van der Waals surface area contributed by atoms with Crippen molar-refractivity contribution in [2.45, 2.75) is 0 Å². The first-order valence-electron chi connectivity index (χ1n) is 5.08. The lowest BCUT2D eigenvalue weighted by molar-refractivity contribution is -0.118. The molecule has 0 radical (unpaired) electrons. The summed E-state index contributed by atoms with van der Waals surface area (Å²) >= 11 is 0. The van der Waals surface area contributed by atoms with E-state index >= 15 is 0 Å². The first-order valence-corrected chi connectivity index (χ1v) is 5.08. The molecule has 4 N–H and O–H groups in total. The van der Waals surface area contributed by atoms with E-state index in [1.807, 2.05) is 0 Å². The second-order valence-electron chi connectivity index (χ2n) is 3.32. The average Bonchev–Trinajstić information content (AvgIpc) is 2.36. The van der Waals surface area contributed by atoms with Crippen molar-refractivity contribution >= 4 is 17.3 Å². The van der Waals surface area contributed by atoms with Crippen LogP contribution in [0.4, 0.5) is 11.4 Å². The van der Waals surface area contributed by atoms with E-state index in [0.29, 0.717) is 22.9 Å². The molecule has 0 spiro atoms. The number of likely N-dealkylation sites (N-methyl/N-ethyl adjacent to an activating group) is 1. The van der Waals surface area contributed by atoms with Crippen molar-refractivity contribution in [3.05, 3.63) is 12.1 Å². The Bertz CT molecular complexity index is 407. The Labute approximate surface area is 100 Å². The van der Waals surface area contributed by atoms with E-state index in [1.165, 1.54) is 14.2 Å². The van der Waals surface area contributed by atoms with Crippen LogP contribution in [0.15, 0.2) is 12.1 Å². The maximum atomic E-state index is 11.1. The van der Waals surface area contributed by atoms with Gasteiger partial charge < -0.3 is 25.8 Å². The molecule has 17 heavy (non-hydrogen) atoms. The van der Waals surface area contributed by atoms with Crippen molar-refractivity contribution in [2.24, 2.45) is 0 Å². The van der Waals surface area contributed by atoms with Crippen LogP contribution in [0.5, 0.6) is 11.5 Å². The van der Waals surface area contributed by atoms with Gasteiger partial charge in [-0.3, -0.25) is 4.79 Å². The number of methoxy groups -OCH3 is 2. The third kappa shape index (κ3) is 3.17. The average molecular weight is 239 g/mol. The fourth-order valence-corrected chi connectivity index (χ4v) is 1.31. The first kappa shape index (κ1) is 13.0. The molecule has 0 atom stereocenters. The molecule has 0 aliphatic heterocycles. The van der Waals surface area contributed by atoms with Crippen molar-refractivity contribution in [1.82, 2.24) is 5.32 Å². The number of ether oxygens (including phenoxy) is 2. The molecular weight excluding hydrogens is 222 g/mol. The van der Waals surface area contributed by atoms with Gasteiger partial charge in [0, 0.05) is 19.2 Å². The zero-order valence-corrected chi connectivity index (χ0v) is 10.2. The van der Waals surface area contributed by atoms with E-state index in [9.17, 15) is 4.79 Å². The number of hydrogen-bond donors (Lipinski definition) is 3. The Morgan fingerprint density at radius 1 is 1.29 bits per heavy atom. The number of rotatable bonds is 5. The topological polar surface area (TPSA) is 85.6 Å². The van der Waals surface area contributed by atoms with Crippen molar-refractivity contribution in [3.8, 4) is 11.5 Å². The molecule has 0 fully saturated rings. The van der Waals surface area contributed by atoms with Crippen molar-refractivity contribution in [2.75, 3.05) is 38.9 Å². The molecular formula is C11H17N3O3. The lowest BCUT2D eigenvalue weighted by Crippen LogP contribution is -2.26. The number of hydrogen-bond acceptors (Lipinski definition) is 5. The lowest BCUT2D eigenvalue weighted by Gasteiger charge is -2.13. The largest absolute Gasteiger partial charge is 0.493 e. The molecule has 0 aromatic heterocycles. The first-order chi connectivity index (χ1) is 8.12. The summed E-state index contributed by atoms with van der Waals surface area (Å²) in [5.74, 6) is 0.982. The third-order valence-electron chi connectivity index (χ3n) is 2.27. The molecule has 1 rings (SSSR count). The van der Waals surface area contributed by atoms with E-state index in [0.717, 1.165) is 0 Å². The number of anilines is 2. The van der Waals surface area contributed by atoms with Gasteiger partial charge in [-0.25, -0.2) is 0 Å². The second-order valence-corrected chi connectivity index (χ2v) is 3.32. The minimum Gasteiger partial charge on any atom is -0.493 e. The molecule has 1 aromatic carbocycles. The summed E-state index contributed by atoms with van der Waals surface area (Å²) < 4.78 is 10.3. The van der Waals surface area contributed by atoms with Crippen LogP contribution in [0, 0.1) is 0 Å². The molecule has 6 nitrogen and oxygen atoms in total. The van der Waals surface area contributed by atoms with Crippen LogP contribution < -0.4 is 25.8 Å². The van der Waals surface area contributed by atoms with Crippen LogP contribution >= 0.6 is 0 Å². The molecule has 0 saturated carbocycles. The molecule has 1 amide bonds. The van der Waals surface area contributed by atoms with Crippen molar-refractivity contribution in [1.29, 1.82) is 0 Å². The number of nitrogen functional groups attached to an aromatic ring is 1. The highest BCUT2D eigenvalue weighted by atomic mass is 16.5. The molecule has 94 valence electrons. The normalized spacial score (nSPS) is 9.59. The summed E-state index contributed by atoms with van der Waals surface area (Å²) in [6, 6.07) is 3.34. The Balaban J connectivity index is 2.89. The molecule has 0 aliphatic rings. The minimum absolute atomic E-state index is 0.126. The number of amides is 1. The van der Waals surface area contributed by atoms with Gasteiger partial charge in [0.05, 0.1) is 32.1 Å². The Hall–Kier alpha value is -2.11. The van der Waals surface area contributed by atoms with Crippen LogP contribution in [0.2, 0.25) is 0 Å². The third-order valence-corrected chi connectivity index (χ3v) is 2.27. The number of benzene rings is 1. The fraction of sp³-hybridized carbons (Fsp3) is 0.364. The predicted octanol–water partition coefficient (Wildman–Crippen LogP) is 0.444. The summed E-state index contributed by atoms with van der Waals surface area (Å²) in [5, 5.41) is 5.42. The van der Waals surface area contributed by atoms with E-state index in [1.54, 1.807) is 19.2 Å². The standard InChI is InChI=1S/C11H17N3O3/c1-13-11(15)6-14-8-5-10(17-3)9(16-2)4-7(8)12/h4-5,14H,6,12H2,1-3H3,(H,13,15). The van der Waals surface area contributed by atoms with Crippen LogP contribution in [-0.2, 0) is 4.79 Å². The van der Waals surface area contributed by atoms with Gasteiger partial charge in [0.25, 0.3) is 0 Å². The van der Waals surface area contributed by atoms with Crippen LogP contribution in [-0.4, -0.2) is 33.7 Å². The molecule has 0 heterocycles. The smallest absolute Gasteiger partial charge is 0.239 e. The van der Waals surface area contributed by atoms with E-state index in [2.05, 4.69) is 10.6 Å². The monoisotopic (exact) mass is 239 g/mol. The van der Waals surface area contributed by atoms with Crippen LogP contribution in [0.25, 0.3) is 0 Å². The second kappa shape index (κ2) is 5.83. The number of nitrogens with two attached hydrogens (primary N) is 1. The quantitative estimate of drug-likeness (QED) is 0.649. The predicted molar refractivity (Wildman–Crippen MR) is 66.5 cm³/mol. The van der Waals surface area contributed by atoms with Crippen LogP contribution in [0.1, 0.15) is 0 Å². The van der Waals surface area contributed by atoms with E-state index in [4.69, 9.17) is 15.2 Å².